The highest BCUT2D eigenvalue weighted by atomic mass is 79.9. The van der Waals surface area contributed by atoms with Gasteiger partial charge in [0.05, 0.1) is 10.2 Å². The molecule has 0 spiro atoms. The molecule has 0 bridgehead atoms. The van der Waals surface area contributed by atoms with Gasteiger partial charge in [-0.25, -0.2) is 9.97 Å². The van der Waals surface area contributed by atoms with Gasteiger partial charge in [-0.3, -0.25) is 0 Å². The van der Waals surface area contributed by atoms with Gasteiger partial charge in [-0.2, -0.15) is 0 Å². The van der Waals surface area contributed by atoms with Crippen molar-refractivity contribution < 1.29 is 0 Å². The van der Waals surface area contributed by atoms with Crippen molar-refractivity contribution in [1.29, 1.82) is 0 Å². The van der Waals surface area contributed by atoms with Crippen LogP contribution in [-0.2, 0) is 0 Å². The van der Waals surface area contributed by atoms with Crippen molar-refractivity contribution in [2.45, 2.75) is 33.6 Å². The quantitative estimate of drug-likeness (QED) is 0.885. The van der Waals surface area contributed by atoms with Gasteiger partial charge < -0.3 is 5.32 Å². The minimum Gasteiger partial charge on any atom is -0.372 e. The van der Waals surface area contributed by atoms with E-state index in [4.69, 9.17) is 4.98 Å². The summed E-state index contributed by atoms with van der Waals surface area (Å²) in [5.41, 5.74) is 4.53. The Morgan fingerprint density at radius 3 is 2.45 bits per heavy atom. The molecule has 1 N–H and O–H groups in total. The van der Waals surface area contributed by atoms with Crippen molar-refractivity contribution in [2.24, 2.45) is 0 Å². The average molecular weight is 334 g/mol. The van der Waals surface area contributed by atoms with Crippen molar-refractivity contribution in [3.63, 3.8) is 0 Å². The summed E-state index contributed by atoms with van der Waals surface area (Å²) in [6, 6.07) is 6.37. The maximum absolute atomic E-state index is 4.75. The highest BCUT2D eigenvalue weighted by Crippen LogP contribution is 2.32. The molecular weight excluding hydrogens is 314 g/mol. The molecule has 0 aliphatic rings. The third-order valence-electron chi connectivity index (χ3n) is 3.29. The molecule has 20 heavy (non-hydrogen) atoms. The molecular formula is C16H20BrN3. The van der Waals surface area contributed by atoms with E-state index in [0.717, 1.165) is 27.4 Å². The number of nitrogens with zero attached hydrogens (tertiary/aromatic N) is 2. The van der Waals surface area contributed by atoms with Gasteiger partial charge in [0.2, 0.25) is 0 Å². The number of rotatable bonds is 3. The van der Waals surface area contributed by atoms with Crippen molar-refractivity contribution >= 4 is 21.7 Å². The predicted octanol–water partition coefficient (Wildman–Crippen LogP) is 4.69. The first-order chi connectivity index (χ1) is 9.43. The minimum absolute atomic E-state index is 0.336. The third-order valence-corrected chi connectivity index (χ3v) is 4.08. The number of aryl methyl sites for hydroxylation is 2. The molecule has 0 radical (unpaired) electrons. The summed E-state index contributed by atoms with van der Waals surface area (Å²) in [5.74, 6) is 1.95. The summed E-state index contributed by atoms with van der Waals surface area (Å²) < 4.78 is 0.948. The minimum atomic E-state index is 0.336. The first kappa shape index (κ1) is 15.0. The Balaban J connectivity index is 2.68. The lowest BCUT2D eigenvalue weighted by atomic mass is 10.0. The lowest BCUT2D eigenvalue weighted by molar-refractivity contribution is 0.810. The Bertz CT molecular complexity index is 636. The lowest BCUT2D eigenvalue weighted by Crippen LogP contribution is -2.05. The second-order valence-electron chi connectivity index (χ2n) is 5.32. The van der Waals surface area contributed by atoms with Gasteiger partial charge in [-0.15, -0.1) is 0 Å². The van der Waals surface area contributed by atoms with Crippen LogP contribution in [0.2, 0.25) is 0 Å². The Hall–Kier alpha value is -1.42. The van der Waals surface area contributed by atoms with Gasteiger partial charge >= 0.3 is 0 Å². The summed E-state index contributed by atoms with van der Waals surface area (Å²) in [6.45, 7) is 8.46. The Morgan fingerprint density at radius 1 is 1.15 bits per heavy atom. The number of nitrogens with one attached hydrogen (secondary N) is 1. The van der Waals surface area contributed by atoms with Crippen molar-refractivity contribution in [3.05, 3.63) is 39.5 Å². The van der Waals surface area contributed by atoms with E-state index in [-0.39, 0.29) is 0 Å². The van der Waals surface area contributed by atoms with Gasteiger partial charge in [0, 0.05) is 12.6 Å². The van der Waals surface area contributed by atoms with Crippen molar-refractivity contribution in [2.75, 3.05) is 12.4 Å². The molecule has 0 amide bonds. The molecule has 0 fully saturated rings. The van der Waals surface area contributed by atoms with Crippen LogP contribution in [0.5, 0.6) is 0 Å². The van der Waals surface area contributed by atoms with E-state index in [2.05, 4.69) is 72.1 Å². The molecule has 0 aliphatic heterocycles. The Labute approximate surface area is 129 Å². The van der Waals surface area contributed by atoms with E-state index in [9.17, 15) is 0 Å². The van der Waals surface area contributed by atoms with Gasteiger partial charge in [-0.1, -0.05) is 31.5 Å². The maximum atomic E-state index is 4.75. The number of hydrogen-bond donors (Lipinski definition) is 1. The zero-order valence-electron chi connectivity index (χ0n) is 12.6. The van der Waals surface area contributed by atoms with E-state index < -0.39 is 0 Å². The molecule has 0 saturated heterocycles. The summed E-state index contributed by atoms with van der Waals surface area (Å²) in [5, 5.41) is 3.14. The molecule has 4 heteroatoms. The molecule has 0 aliphatic carbocycles. The van der Waals surface area contributed by atoms with Crippen LogP contribution < -0.4 is 5.32 Å². The van der Waals surface area contributed by atoms with E-state index in [1.54, 1.807) is 0 Å². The number of aromatic nitrogens is 2. The van der Waals surface area contributed by atoms with Crippen LogP contribution in [0.15, 0.2) is 22.7 Å². The lowest BCUT2D eigenvalue weighted by Gasteiger charge is -2.14. The van der Waals surface area contributed by atoms with E-state index in [0.29, 0.717) is 5.92 Å². The van der Waals surface area contributed by atoms with Crippen LogP contribution in [0.3, 0.4) is 0 Å². The zero-order valence-corrected chi connectivity index (χ0v) is 14.2. The van der Waals surface area contributed by atoms with Gasteiger partial charge in [0.1, 0.15) is 5.82 Å². The van der Waals surface area contributed by atoms with Crippen molar-refractivity contribution in [1.82, 2.24) is 9.97 Å². The summed E-state index contributed by atoms with van der Waals surface area (Å²) in [4.78, 5) is 9.39. The molecule has 1 heterocycles. The van der Waals surface area contributed by atoms with Crippen LogP contribution in [0.1, 0.15) is 36.6 Å². The maximum Gasteiger partial charge on any atom is 0.162 e. The smallest absolute Gasteiger partial charge is 0.162 e. The highest BCUT2D eigenvalue weighted by molar-refractivity contribution is 9.10. The van der Waals surface area contributed by atoms with Gasteiger partial charge in [0.15, 0.2) is 5.82 Å². The van der Waals surface area contributed by atoms with Crippen LogP contribution in [0.25, 0.3) is 11.4 Å². The van der Waals surface area contributed by atoms with Crippen LogP contribution in [-0.4, -0.2) is 17.0 Å². The number of anilines is 1. The zero-order chi connectivity index (χ0) is 14.9. The fourth-order valence-electron chi connectivity index (χ4n) is 2.11. The molecule has 1 aromatic carbocycles. The van der Waals surface area contributed by atoms with Crippen LogP contribution in [0.4, 0.5) is 5.82 Å². The van der Waals surface area contributed by atoms with Gasteiger partial charge in [0.25, 0.3) is 0 Å². The molecule has 0 unspecified atom stereocenters. The summed E-state index contributed by atoms with van der Waals surface area (Å²) in [6.07, 6.45) is 0. The molecule has 0 atom stereocenters. The van der Waals surface area contributed by atoms with Gasteiger partial charge in [-0.05, 0) is 47.3 Å². The molecule has 106 valence electrons. The summed E-state index contributed by atoms with van der Waals surface area (Å²) in [7, 11) is 1.88. The second kappa shape index (κ2) is 5.92. The fraction of sp³-hybridized carbons (Fsp3) is 0.375. The van der Waals surface area contributed by atoms with E-state index in [1.165, 1.54) is 11.1 Å². The van der Waals surface area contributed by atoms with Crippen LogP contribution >= 0.6 is 15.9 Å². The molecule has 2 aromatic rings. The third kappa shape index (κ3) is 2.85. The highest BCUT2D eigenvalue weighted by Gasteiger charge is 2.16. The molecule has 3 nitrogen and oxygen atoms in total. The Morgan fingerprint density at radius 2 is 1.85 bits per heavy atom. The first-order valence-corrected chi connectivity index (χ1v) is 7.56. The monoisotopic (exact) mass is 333 g/mol. The first-order valence-electron chi connectivity index (χ1n) is 6.76. The molecule has 0 saturated carbocycles. The summed E-state index contributed by atoms with van der Waals surface area (Å²) >= 11 is 3.59. The Kier molecular flexibility index (Phi) is 4.43. The van der Waals surface area contributed by atoms with Crippen molar-refractivity contribution in [3.8, 4) is 11.4 Å². The van der Waals surface area contributed by atoms with E-state index in [1.807, 2.05) is 7.05 Å². The average Bonchev–Trinajstić information content (AvgIpc) is 2.41. The molecule has 2 rings (SSSR count). The van der Waals surface area contributed by atoms with Crippen LogP contribution in [0, 0.1) is 13.8 Å². The largest absolute Gasteiger partial charge is 0.372 e. The SMILES string of the molecule is CNc1nc(-c2cc(C)ccc2C)nc(C(C)C)c1Br. The number of halogens is 1. The predicted molar refractivity (Wildman–Crippen MR) is 88.3 cm³/mol. The second-order valence-corrected chi connectivity index (χ2v) is 6.11. The standard InChI is InChI=1S/C16H20BrN3/c1-9(2)14-13(17)16(18-5)20-15(19-14)12-8-10(3)6-7-11(12)4/h6-9H,1-5H3,(H,18,19,20). The number of hydrogen-bond acceptors (Lipinski definition) is 3. The van der Waals surface area contributed by atoms with E-state index >= 15 is 0 Å². The molecule has 1 aromatic heterocycles. The normalized spacial score (nSPS) is 10.9. The topological polar surface area (TPSA) is 37.8 Å². The fourth-order valence-corrected chi connectivity index (χ4v) is 2.94. The number of benzene rings is 1.